The van der Waals surface area contributed by atoms with Crippen LogP contribution < -0.4 is 10.9 Å². The van der Waals surface area contributed by atoms with Crippen molar-refractivity contribution in [3.05, 3.63) is 87.8 Å². The molecule has 0 saturated carbocycles. The molecule has 25 heavy (non-hydrogen) atoms. The highest BCUT2D eigenvalue weighted by atomic mass is 32.1. The molecule has 4 rings (SSSR count). The van der Waals surface area contributed by atoms with Crippen molar-refractivity contribution in [3.63, 3.8) is 0 Å². The minimum absolute atomic E-state index is 0.0278. The van der Waals surface area contributed by atoms with Crippen LogP contribution >= 0.6 is 11.3 Å². The Balaban J connectivity index is 1.51. The van der Waals surface area contributed by atoms with Gasteiger partial charge < -0.3 is 5.32 Å². The Morgan fingerprint density at radius 3 is 2.52 bits per heavy atom. The molecule has 0 bridgehead atoms. The molecule has 0 saturated heterocycles. The predicted octanol–water partition coefficient (Wildman–Crippen LogP) is 4.34. The Hall–Kier alpha value is -2.92. The molecule has 2 aromatic heterocycles. The van der Waals surface area contributed by atoms with E-state index < -0.39 is 0 Å². The van der Waals surface area contributed by atoms with E-state index >= 15 is 0 Å². The standard InChI is InChI=1S/C20H17N3OS/c1-14-13-25-20-22-18(11-19(24)23(14)20)12-21-17-9-7-16(8-10-17)15-5-3-2-4-6-15/h2-11,13,21H,12H2,1H3. The van der Waals surface area contributed by atoms with Crippen molar-refractivity contribution < 1.29 is 0 Å². The molecular weight excluding hydrogens is 330 g/mol. The van der Waals surface area contributed by atoms with Crippen molar-refractivity contribution >= 4 is 22.0 Å². The Morgan fingerprint density at radius 2 is 1.76 bits per heavy atom. The van der Waals surface area contributed by atoms with Gasteiger partial charge in [-0.15, -0.1) is 11.3 Å². The van der Waals surface area contributed by atoms with Crippen molar-refractivity contribution in [2.45, 2.75) is 13.5 Å². The second-order valence-electron chi connectivity index (χ2n) is 5.88. The number of rotatable bonds is 4. The molecular formula is C20H17N3OS. The van der Waals surface area contributed by atoms with Crippen molar-refractivity contribution in [2.24, 2.45) is 0 Å². The molecule has 0 atom stereocenters. The molecule has 0 aliphatic heterocycles. The minimum Gasteiger partial charge on any atom is -0.379 e. The number of aromatic nitrogens is 2. The largest absolute Gasteiger partial charge is 0.379 e. The van der Waals surface area contributed by atoms with Crippen molar-refractivity contribution in [2.75, 3.05) is 5.32 Å². The number of fused-ring (bicyclic) bond motifs is 1. The lowest BCUT2D eigenvalue weighted by atomic mass is 10.1. The van der Waals surface area contributed by atoms with E-state index in [0.29, 0.717) is 6.54 Å². The fourth-order valence-corrected chi connectivity index (χ4v) is 3.69. The minimum atomic E-state index is -0.0278. The van der Waals surface area contributed by atoms with Crippen LogP contribution in [0.1, 0.15) is 11.4 Å². The molecule has 0 unspecified atom stereocenters. The number of benzene rings is 2. The summed E-state index contributed by atoms with van der Waals surface area (Å²) in [6.45, 7) is 2.44. The molecule has 5 heteroatoms. The molecule has 2 heterocycles. The molecule has 0 spiro atoms. The van der Waals surface area contributed by atoms with Gasteiger partial charge in [0, 0.05) is 22.8 Å². The fourth-order valence-electron chi connectivity index (χ4n) is 2.80. The van der Waals surface area contributed by atoms with E-state index in [-0.39, 0.29) is 5.56 Å². The van der Waals surface area contributed by atoms with Crippen LogP contribution in [0.5, 0.6) is 0 Å². The first kappa shape index (κ1) is 15.6. The number of thiazole rings is 1. The van der Waals surface area contributed by atoms with E-state index in [4.69, 9.17) is 0 Å². The maximum Gasteiger partial charge on any atom is 0.259 e. The lowest BCUT2D eigenvalue weighted by Crippen LogP contribution is -2.16. The van der Waals surface area contributed by atoms with Gasteiger partial charge >= 0.3 is 0 Å². The molecule has 0 aliphatic rings. The number of hydrogen-bond donors (Lipinski definition) is 1. The maximum absolute atomic E-state index is 12.2. The third-order valence-corrected chi connectivity index (χ3v) is 5.04. The Morgan fingerprint density at radius 1 is 1.04 bits per heavy atom. The van der Waals surface area contributed by atoms with Crippen LogP contribution in [-0.4, -0.2) is 9.38 Å². The van der Waals surface area contributed by atoms with Crippen LogP contribution in [-0.2, 0) is 6.54 Å². The highest BCUT2D eigenvalue weighted by molar-refractivity contribution is 7.15. The zero-order valence-electron chi connectivity index (χ0n) is 13.8. The molecule has 0 fully saturated rings. The average molecular weight is 347 g/mol. The molecule has 1 N–H and O–H groups in total. The Bertz CT molecular complexity index is 1070. The molecule has 0 radical (unpaired) electrons. The lowest BCUT2D eigenvalue weighted by molar-refractivity contribution is 0.966. The van der Waals surface area contributed by atoms with Gasteiger partial charge in [0.25, 0.3) is 5.56 Å². The summed E-state index contributed by atoms with van der Waals surface area (Å²) in [7, 11) is 0. The van der Waals surface area contributed by atoms with Crippen molar-refractivity contribution in [3.8, 4) is 11.1 Å². The van der Waals surface area contributed by atoms with Crippen LogP contribution in [0.4, 0.5) is 5.69 Å². The third-order valence-electron chi connectivity index (χ3n) is 4.09. The van der Waals surface area contributed by atoms with Crippen LogP contribution in [0.15, 0.2) is 70.8 Å². The molecule has 0 amide bonds. The van der Waals surface area contributed by atoms with Gasteiger partial charge in [-0.1, -0.05) is 42.5 Å². The molecule has 0 aliphatic carbocycles. The summed E-state index contributed by atoms with van der Waals surface area (Å²) in [5.41, 5.74) is 5.02. The van der Waals surface area contributed by atoms with Crippen LogP contribution in [0, 0.1) is 6.92 Å². The molecule has 4 nitrogen and oxygen atoms in total. The highest BCUT2D eigenvalue weighted by Crippen LogP contribution is 2.21. The van der Waals surface area contributed by atoms with E-state index in [9.17, 15) is 4.79 Å². The van der Waals surface area contributed by atoms with Crippen molar-refractivity contribution in [1.82, 2.24) is 9.38 Å². The van der Waals surface area contributed by atoms with E-state index in [1.807, 2.05) is 42.6 Å². The first-order valence-corrected chi connectivity index (χ1v) is 8.95. The van der Waals surface area contributed by atoms with E-state index in [1.165, 1.54) is 22.5 Å². The Labute approximate surface area is 149 Å². The van der Waals surface area contributed by atoms with Crippen LogP contribution in [0.3, 0.4) is 0 Å². The second-order valence-corrected chi connectivity index (χ2v) is 6.71. The van der Waals surface area contributed by atoms with Gasteiger partial charge in [0.15, 0.2) is 4.96 Å². The summed E-state index contributed by atoms with van der Waals surface area (Å²) in [6.07, 6.45) is 0. The molecule has 2 aromatic carbocycles. The zero-order chi connectivity index (χ0) is 17.2. The number of hydrogen-bond acceptors (Lipinski definition) is 4. The quantitative estimate of drug-likeness (QED) is 0.597. The SMILES string of the molecule is Cc1csc2nc(CNc3ccc(-c4ccccc4)cc3)cc(=O)n12. The number of nitrogens with zero attached hydrogens (tertiary/aromatic N) is 2. The third kappa shape index (κ3) is 3.19. The first-order chi connectivity index (χ1) is 12.2. The van der Waals surface area contributed by atoms with Crippen LogP contribution in [0.2, 0.25) is 0 Å². The van der Waals surface area contributed by atoms with Gasteiger partial charge in [-0.2, -0.15) is 0 Å². The predicted molar refractivity (Wildman–Crippen MR) is 103 cm³/mol. The summed E-state index contributed by atoms with van der Waals surface area (Å²) in [5, 5.41) is 5.28. The lowest BCUT2D eigenvalue weighted by Gasteiger charge is -2.08. The van der Waals surface area contributed by atoms with Gasteiger partial charge in [0.2, 0.25) is 0 Å². The first-order valence-electron chi connectivity index (χ1n) is 8.07. The maximum atomic E-state index is 12.2. The summed E-state index contributed by atoms with van der Waals surface area (Å²) >= 11 is 1.49. The summed E-state index contributed by atoms with van der Waals surface area (Å²) in [6, 6.07) is 20.1. The normalized spacial score (nSPS) is 10.9. The average Bonchev–Trinajstić information content (AvgIpc) is 3.02. The van der Waals surface area contributed by atoms with Gasteiger partial charge in [0.05, 0.1) is 12.2 Å². The second kappa shape index (κ2) is 6.53. The van der Waals surface area contributed by atoms with Crippen LogP contribution in [0.25, 0.3) is 16.1 Å². The Kier molecular flexibility index (Phi) is 4.07. The summed E-state index contributed by atoms with van der Waals surface area (Å²) in [5.74, 6) is 0. The number of aryl methyl sites for hydroxylation is 1. The summed E-state index contributed by atoms with van der Waals surface area (Å²) in [4.78, 5) is 17.5. The topological polar surface area (TPSA) is 46.4 Å². The van der Waals surface area contributed by atoms with Gasteiger partial charge in [-0.05, 0) is 30.2 Å². The van der Waals surface area contributed by atoms with E-state index in [0.717, 1.165) is 22.0 Å². The zero-order valence-corrected chi connectivity index (χ0v) is 14.6. The highest BCUT2D eigenvalue weighted by Gasteiger charge is 2.06. The van der Waals surface area contributed by atoms with Gasteiger partial charge in [-0.3, -0.25) is 9.20 Å². The monoisotopic (exact) mass is 347 g/mol. The molecule has 4 aromatic rings. The smallest absolute Gasteiger partial charge is 0.259 e. The van der Waals surface area contributed by atoms with E-state index in [2.05, 4.69) is 34.6 Å². The van der Waals surface area contributed by atoms with Crippen molar-refractivity contribution in [1.29, 1.82) is 0 Å². The van der Waals surface area contributed by atoms with Gasteiger partial charge in [-0.25, -0.2) is 4.98 Å². The van der Waals surface area contributed by atoms with Gasteiger partial charge in [0.1, 0.15) is 0 Å². The number of nitrogens with one attached hydrogen (secondary N) is 1. The number of anilines is 1. The molecule has 124 valence electrons. The summed E-state index contributed by atoms with van der Waals surface area (Å²) < 4.78 is 1.64. The van der Waals surface area contributed by atoms with E-state index in [1.54, 1.807) is 10.5 Å². The fraction of sp³-hybridized carbons (Fsp3) is 0.100.